The normalized spacial score (nSPS) is 15.1. The minimum Gasteiger partial charge on any atom is -0.273 e. The molecule has 0 radical (unpaired) electrons. The quantitative estimate of drug-likeness (QED) is 0.584. The average Bonchev–Trinajstić information content (AvgIpc) is 2.17. The van der Waals surface area contributed by atoms with Gasteiger partial charge in [0.05, 0.1) is 0 Å². The van der Waals surface area contributed by atoms with E-state index in [1.165, 1.54) is 5.69 Å². The first-order valence-electron chi connectivity index (χ1n) is 4.72. The SMILES string of the molecule is CC(=O)N1NCCc2c1ccc[n+]2C. The van der Waals surface area contributed by atoms with Crippen molar-refractivity contribution in [2.75, 3.05) is 11.6 Å². The van der Waals surface area contributed by atoms with Gasteiger partial charge in [-0.05, 0) is 6.07 Å². The number of pyridine rings is 1. The van der Waals surface area contributed by atoms with Gasteiger partial charge >= 0.3 is 0 Å². The van der Waals surface area contributed by atoms with E-state index in [0.29, 0.717) is 0 Å². The second-order valence-electron chi connectivity index (χ2n) is 3.46. The number of hydrazine groups is 1. The molecule has 2 rings (SSSR count). The summed E-state index contributed by atoms with van der Waals surface area (Å²) < 4.78 is 2.06. The molecule has 14 heavy (non-hydrogen) atoms. The van der Waals surface area contributed by atoms with Gasteiger partial charge in [-0.15, -0.1) is 0 Å². The lowest BCUT2D eigenvalue weighted by Gasteiger charge is -2.26. The number of hydrogen-bond donors (Lipinski definition) is 1. The predicted octanol–water partition coefficient (Wildman–Crippen LogP) is -0.0753. The van der Waals surface area contributed by atoms with E-state index in [0.717, 1.165) is 18.7 Å². The highest BCUT2D eigenvalue weighted by Gasteiger charge is 2.25. The Labute approximate surface area is 83.1 Å². The van der Waals surface area contributed by atoms with Gasteiger partial charge in [-0.25, -0.2) is 15.0 Å². The Morgan fingerprint density at radius 2 is 2.43 bits per heavy atom. The summed E-state index contributed by atoms with van der Waals surface area (Å²) in [6, 6.07) is 3.91. The Bertz CT molecular complexity index is 376. The van der Waals surface area contributed by atoms with Crippen LogP contribution in [0.5, 0.6) is 0 Å². The van der Waals surface area contributed by atoms with Gasteiger partial charge in [-0.2, -0.15) is 0 Å². The Balaban J connectivity index is 2.49. The van der Waals surface area contributed by atoms with Crippen molar-refractivity contribution >= 4 is 11.6 Å². The summed E-state index contributed by atoms with van der Waals surface area (Å²) in [5, 5.41) is 1.61. The summed E-state index contributed by atoms with van der Waals surface area (Å²) in [5.74, 6) is 0.0251. The van der Waals surface area contributed by atoms with Gasteiger partial charge in [0.15, 0.2) is 6.20 Å². The molecule has 1 aromatic rings. The fourth-order valence-corrected chi connectivity index (χ4v) is 1.79. The minimum absolute atomic E-state index is 0.0251. The molecular weight excluding hydrogens is 178 g/mol. The van der Waals surface area contributed by atoms with Crippen LogP contribution in [0.4, 0.5) is 5.69 Å². The fraction of sp³-hybridized carbons (Fsp3) is 0.400. The van der Waals surface area contributed by atoms with E-state index in [4.69, 9.17) is 0 Å². The van der Waals surface area contributed by atoms with Crippen molar-refractivity contribution in [3.05, 3.63) is 24.0 Å². The summed E-state index contributed by atoms with van der Waals surface area (Å²) in [5.41, 5.74) is 5.23. The molecule has 4 nitrogen and oxygen atoms in total. The first kappa shape index (κ1) is 9.15. The van der Waals surface area contributed by atoms with Crippen LogP contribution < -0.4 is 15.0 Å². The van der Waals surface area contributed by atoms with Gasteiger partial charge in [-0.3, -0.25) is 4.79 Å². The summed E-state index contributed by atoms with van der Waals surface area (Å²) >= 11 is 0. The Morgan fingerprint density at radius 3 is 3.14 bits per heavy atom. The Hall–Kier alpha value is -1.42. The number of nitrogens with one attached hydrogen (secondary N) is 1. The van der Waals surface area contributed by atoms with Crippen molar-refractivity contribution in [2.45, 2.75) is 13.3 Å². The molecule has 0 unspecified atom stereocenters. The summed E-state index contributed by atoms with van der Waals surface area (Å²) in [6.07, 6.45) is 2.96. The Kier molecular flexibility index (Phi) is 2.21. The van der Waals surface area contributed by atoms with E-state index in [1.54, 1.807) is 11.9 Å². The van der Waals surface area contributed by atoms with Gasteiger partial charge in [0.25, 0.3) is 0 Å². The van der Waals surface area contributed by atoms with Crippen LogP contribution in [-0.2, 0) is 18.3 Å². The van der Waals surface area contributed by atoms with Crippen molar-refractivity contribution < 1.29 is 9.36 Å². The zero-order chi connectivity index (χ0) is 10.1. The largest absolute Gasteiger partial charge is 0.273 e. The lowest BCUT2D eigenvalue weighted by Crippen LogP contribution is -2.50. The third-order valence-corrected chi connectivity index (χ3v) is 2.47. The molecule has 0 saturated carbocycles. The van der Waals surface area contributed by atoms with Crippen LogP contribution >= 0.6 is 0 Å². The Morgan fingerprint density at radius 1 is 1.64 bits per heavy atom. The monoisotopic (exact) mass is 192 g/mol. The molecule has 4 heteroatoms. The van der Waals surface area contributed by atoms with Crippen LogP contribution in [0.3, 0.4) is 0 Å². The van der Waals surface area contributed by atoms with Crippen LogP contribution in [0.15, 0.2) is 18.3 Å². The highest BCUT2D eigenvalue weighted by Crippen LogP contribution is 2.18. The van der Waals surface area contributed by atoms with Crippen molar-refractivity contribution in [3.63, 3.8) is 0 Å². The number of carbonyl (C=O) groups is 1. The summed E-state index contributed by atoms with van der Waals surface area (Å²) in [6.45, 7) is 2.37. The summed E-state index contributed by atoms with van der Waals surface area (Å²) in [4.78, 5) is 11.3. The molecule has 0 aromatic carbocycles. The average molecular weight is 192 g/mol. The van der Waals surface area contributed by atoms with Gasteiger partial charge < -0.3 is 0 Å². The van der Waals surface area contributed by atoms with E-state index in [1.807, 2.05) is 25.4 Å². The van der Waals surface area contributed by atoms with Gasteiger partial charge in [-0.1, -0.05) is 0 Å². The van der Waals surface area contributed by atoms with Crippen LogP contribution in [0.2, 0.25) is 0 Å². The van der Waals surface area contributed by atoms with E-state index in [9.17, 15) is 4.79 Å². The number of rotatable bonds is 0. The maximum atomic E-state index is 11.3. The molecule has 1 aliphatic heterocycles. The smallest absolute Gasteiger partial charge is 0.238 e. The maximum Gasteiger partial charge on any atom is 0.238 e. The standard InChI is InChI=1S/C10H14N3O/c1-8(14)13-10-4-3-7-12(2)9(10)5-6-11-13/h3-4,7,11H,5-6H2,1-2H3/q+1. The predicted molar refractivity (Wildman–Crippen MR) is 52.5 cm³/mol. The number of nitrogens with zero attached hydrogens (tertiary/aromatic N) is 2. The topological polar surface area (TPSA) is 36.2 Å². The third kappa shape index (κ3) is 1.37. The van der Waals surface area contributed by atoms with E-state index >= 15 is 0 Å². The maximum absolute atomic E-state index is 11.3. The van der Waals surface area contributed by atoms with E-state index in [2.05, 4.69) is 9.99 Å². The molecule has 1 N–H and O–H groups in total. The van der Waals surface area contributed by atoms with Crippen molar-refractivity contribution in [2.24, 2.45) is 7.05 Å². The van der Waals surface area contributed by atoms with Gasteiger partial charge in [0.2, 0.25) is 11.6 Å². The highest BCUT2D eigenvalue weighted by molar-refractivity contribution is 5.91. The zero-order valence-electron chi connectivity index (χ0n) is 8.45. The minimum atomic E-state index is 0.0251. The van der Waals surface area contributed by atoms with Crippen LogP contribution in [0, 0.1) is 0 Å². The first-order valence-corrected chi connectivity index (χ1v) is 4.72. The second kappa shape index (κ2) is 3.38. The highest BCUT2D eigenvalue weighted by atomic mass is 16.2. The number of fused-ring (bicyclic) bond motifs is 1. The molecule has 0 fully saturated rings. The lowest BCUT2D eigenvalue weighted by atomic mass is 10.2. The second-order valence-corrected chi connectivity index (χ2v) is 3.46. The number of anilines is 1. The van der Waals surface area contributed by atoms with Gasteiger partial charge in [0.1, 0.15) is 12.7 Å². The number of hydrogen-bond acceptors (Lipinski definition) is 2. The number of aromatic nitrogens is 1. The molecule has 0 atom stereocenters. The number of aryl methyl sites for hydroxylation is 1. The number of amides is 1. The third-order valence-electron chi connectivity index (χ3n) is 2.47. The molecule has 1 aromatic heterocycles. The molecule has 1 aliphatic rings. The molecule has 0 bridgehead atoms. The van der Waals surface area contributed by atoms with E-state index < -0.39 is 0 Å². The molecule has 0 spiro atoms. The molecule has 1 amide bonds. The summed E-state index contributed by atoms with van der Waals surface area (Å²) in [7, 11) is 2.00. The molecular formula is C10H14N3O+. The molecule has 74 valence electrons. The lowest BCUT2D eigenvalue weighted by molar-refractivity contribution is -0.678. The van der Waals surface area contributed by atoms with Crippen LogP contribution in [0.25, 0.3) is 0 Å². The fourth-order valence-electron chi connectivity index (χ4n) is 1.79. The van der Waals surface area contributed by atoms with Gasteiger partial charge in [0, 0.05) is 26.0 Å². The van der Waals surface area contributed by atoms with Crippen molar-refractivity contribution in [1.29, 1.82) is 0 Å². The molecule has 2 heterocycles. The van der Waals surface area contributed by atoms with Crippen LogP contribution in [-0.4, -0.2) is 12.5 Å². The zero-order valence-corrected chi connectivity index (χ0v) is 8.45. The van der Waals surface area contributed by atoms with Crippen LogP contribution in [0.1, 0.15) is 12.6 Å². The first-order chi connectivity index (χ1) is 6.70. The molecule has 0 aliphatic carbocycles. The molecule has 0 saturated heterocycles. The van der Waals surface area contributed by atoms with Crippen molar-refractivity contribution in [1.82, 2.24) is 5.43 Å². The number of carbonyl (C=O) groups excluding carboxylic acids is 1. The van der Waals surface area contributed by atoms with Crippen molar-refractivity contribution in [3.8, 4) is 0 Å². The van der Waals surface area contributed by atoms with E-state index in [-0.39, 0.29) is 5.91 Å².